The zero-order valence-electron chi connectivity index (χ0n) is 12.8. The van der Waals surface area contributed by atoms with Gasteiger partial charge in [0.15, 0.2) is 0 Å². The van der Waals surface area contributed by atoms with Gasteiger partial charge in [0.05, 0.1) is 24.6 Å². The van der Waals surface area contributed by atoms with Crippen LogP contribution in [-0.2, 0) is 22.6 Å². The lowest BCUT2D eigenvalue weighted by Gasteiger charge is -2.13. The Hall–Kier alpha value is -2.41. The Kier molecular flexibility index (Phi) is 4.53. The Morgan fingerprint density at radius 3 is 2.67 bits per heavy atom. The molecule has 0 aliphatic carbocycles. The summed E-state index contributed by atoms with van der Waals surface area (Å²) in [5, 5.41) is 0.471. The van der Waals surface area contributed by atoms with Gasteiger partial charge in [-0.25, -0.2) is 9.07 Å². The van der Waals surface area contributed by atoms with Gasteiger partial charge in [-0.3, -0.25) is 14.3 Å². The molecule has 0 bridgehead atoms. The van der Waals surface area contributed by atoms with E-state index in [0.717, 1.165) is 0 Å². The Morgan fingerprint density at radius 2 is 1.96 bits per heavy atom. The van der Waals surface area contributed by atoms with E-state index in [2.05, 4.69) is 20.7 Å². The van der Waals surface area contributed by atoms with E-state index in [1.807, 2.05) is 0 Å². The molecule has 7 heteroatoms. The number of hydrogen-bond donors (Lipinski definition) is 0. The number of hydrogen-bond acceptors (Lipinski definition) is 3. The molecule has 0 spiro atoms. The maximum absolute atomic E-state index is 14.2. The van der Waals surface area contributed by atoms with Crippen molar-refractivity contribution < 1.29 is 13.9 Å². The molecule has 0 fully saturated rings. The molecule has 0 saturated carbocycles. The molecule has 0 aliphatic rings. The van der Waals surface area contributed by atoms with Crippen LogP contribution in [0.1, 0.15) is 5.56 Å². The number of halogens is 2. The summed E-state index contributed by atoms with van der Waals surface area (Å²) in [6, 6.07) is 11.7. The van der Waals surface area contributed by atoms with Gasteiger partial charge in [-0.2, -0.15) is 0 Å². The molecule has 0 radical (unpaired) electrons. The minimum Gasteiger partial charge on any atom is -0.468 e. The molecule has 5 nitrogen and oxygen atoms in total. The summed E-state index contributed by atoms with van der Waals surface area (Å²) in [5.41, 5.74) is 0.736. The fraction of sp³-hybridized carbons (Fsp3) is 0.176. The average Bonchev–Trinajstić information content (AvgIpc) is 2.83. The smallest absolute Gasteiger partial charge is 0.327 e. The topological polar surface area (TPSA) is 53.2 Å². The highest BCUT2D eigenvalue weighted by Crippen LogP contribution is 2.19. The van der Waals surface area contributed by atoms with Gasteiger partial charge in [0.2, 0.25) is 0 Å². The summed E-state index contributed by atoms with van der Waals surface area (Å²) < 4.78 is 22.3. The first kappa shape index (κ1) is 16.4. The van der Waals surface area contributed by atoms with Crippen LogP contribution in [0.3, 0.4) is 0 Å². The van der Waals surface area contributed by atoms with Crippen LogP contribution < -0.4 is 5.56 Å². The fourth-order valence-electron chi connectivity index (χ4n) is 2.58. The van der Waals surface area contributed by atoms with Gasteiger partial charge in [-0.05, 0) is 24.3 Å². The van der Waals surface area contributed by atoms with Crippen molar-refractivity contribution >= 4 is 32.8 Å². The van der Waals surface area contributed by atoms with E-state index in [1.165, 1.54) is 17.9 Å². The lowest BCUT2D eigenvalue weighted by atomic mass is 10.2. The quantitative estimate of drug-likeness (QED) is 0.641. The number of esters is 1. The van der Waals surface area contributed by atoms with Crippen LogP contribution in [0.15, 0.2) is 51.7 Å². The number of nitrogens with zero attached hydrogens (tertiary/aromatic N) is 2. The maximum Gasteiger partial charge on any atom is 0.327 e. The highest BCUT2D eigenvalue weighted by atomic mass is 79.9. The van der Waals surface area contributed by atoms with Gasteiger partial charge >= 0.3 is 5.97 Å². The van der Waals surface area contributed by atoms with Gasteiger partial charge < -0.3 is 4.74 Å². The van der Waals surface area contributed by atoms with Gasteiger partial charge in [0, 0.05) is 10.0 Å². The first-order valence-corrected chi connectivity index (χ1v) is 7.99. The fourth-order valence-corrected chi connectivity index (χ4v) is 2.92. The number of methoxy groups -OCH3 is 1. The predicted molar refractivity (Wildman–Crippen MR) is 91.4 cm³/mol. The van der Waals surface area contributed by atoms with Crippen molar-refractivity contribution in [3.63, 3.8) is 0 Å². The van der Waals surface area contributed by atoms with Crippen molar-refractivity contribution in [1.29, 1.82) is 0 Å². The summed E-state index contributed by atoms with van der Waals surface area (Å²) in [4.78, 5) is 24.2. The third-order valence-electron chi connectivity index (χ3n) is 3.78. The summed E-state index contributed by atoms with van der Waals surface area (Å²) in [6.07, 6.45) is 0. The van der Waals surface area contributed by atoms with Crippen molar-refractivity contribution in [3.05, 3.63) is 68.7 Å². The molecule has 124 valence electrons. The van der Waals surface area contributed by atoms with Crippen molar-refractivity contribution in [1.82, 2.24) is 9.36 Å². The van der Waals surface area contributed by atoms with E-state index in [4.69, 9.17) is 0 Å². The second-order valence-electron chi connectivity index (χ2n) is 5.25. The number of benzene rings is 2. The Balaban J connectivity index is 2.16. The van der Waals surface area contributed by atoms with Gasteiger partial charge in [-0.15, -0.1) is 0 Å². The van der Waals surface area contributed by atoms with Crippen LogP contribution >= 0.6 is 15.9 Å². The van der Waals surface area contributed by atoms with Crippen LogP contribution in [0.25, 0.3) is 10.9 Å². The number of ether oxygens (including phenoxy) is 1. The largest absolute Gasteiger partial charge is 0.468 e. The molecule has 0 N–H and O–H groups in total. The van der Waals surface area contributed by atoms with Crippen molar-refractivity contribution in [2.24, 2.45) is 0 Å². The average molecular weight is 393 g/mol. The number of para-hydroxylation sites is 1. The minimum absolute atomic E-state index is 0.124. The van der Waals surface area contributed by atoms with Crippen LogP contribution in [0.4, 0.5) is 4.39 Å². The van der Waals surface area contributed by atoms with E-state index in [0.29, 0.717) is 20.9 Å². The zero-order chi connectivity index (χ0) is 17.3. The van der Waals surface area contributed by atoms with Gasteiger partial charge in [0.1, 0.15) is 12.4 Å². The molecule has 0 aliphatic heterocycles. The zero-order valence-corrected chi connectivity index (χ0v) is 14.4. The standard InChI is InChI=1S/C17H14BrFN2O3/c1-24-16(22)10-21-17(23)13-4-2-3-5-15(13)20(21)9-11-6-7-12(18)8-14(11)19/h2-8H,9-10H2,1H3. The number of aromatic nitrogens is 2. The number of rotatable bonds is 4. The molecule has 1 heterocycles. The molecule has 24 heavy (non-hydrogen) atoms. The first-order chi connectivity index (χ1) is 11.5. The molecule has 3 rings (SSSR count). The number of carbonyl (C=O) groups is 1. The monoisotopic (exact) mass is 392 g/mol. The van der Waals surface area contributed by atoms with E-state index >= 15 is 0 Å². The molecular formula is C17H14BrFN2O3. The summed E-state index contributed by atoms with van der Waals surface area (Å²) in [5.74, 6) is -0.934. The van der Waals surface area contributed by atoms with Crippen molar-refractivity contribution in [2.75, 3.05) is 7.11 Å². The summed E-state index contributed by atoms with van der Waals surface area (Å²) in [6.45, 7) is -0.110. The maximum atomic E-state index is 14.2. The molecule has 3 aromatic rings. The molecule has 1 aromatic heterocycles. The Morgan fingerprint density at radius 1 is 1.21 bits per heavy atom. The highest BCUT2D eigenvalue weighted by Gasteiger charge is 2.17. The number of fused-ring (bicyclic) bond motifs is 1. The minimum atomic E-state index is -0.544. The third kappa shape index (κ3) is 2.99. The summed E-state index contributed by atoms with van der Waals surface area (Å²) >= 11 is 3.22. The van der Waals surface area contributed by atoms with Gasteiger partial charge in [-0.1, -0.05) is 34.1 Å². The molecule has 0 amide bonds. The Bertz CT molecular complexity index is 978. The molecule has 0 saturated heterocycles. The molecule has 0 atom stereocenters. The van der Waals surface area contributed by atoms with Crippen LogP contribution in [0.5, 0.6) is 0 Å². The van der Waals surface area contributed by atoms with Crippen molar-refractivity contribution in [3.8, 4) is 0 Å². The van der Waals surface area contributed by atoms with Crippen LogP contribution in [0, 0.1) is 5.82 Å². The third-order valence-corrected chi connectivity index (χ3v) is 4.27. The number of carbonyl (C=O) groups excluding carboxylic acids is 1. The molecular weight excluding hydrogens is 379 g/mol. The lowest BCUT2D eigenvalue weighted by molar-refractivity contribution is -0.141. The van der Waals surface area contributed by atoms with E-state index in [1.54, 1.807) is 41.1 Å². The van der Waals surface area contributed by atoms with E-state index < -0.39 is 5.97 Å². The SMILES string of the molecule is COC(=O)Cn1c(=O)c2ccccc2n1Cc1ccc(Br)cc1F. The predicted octanol–water partition coefficient (Wildman–Crippen LogP) is 2.93. The lowest BCUT2D eigenvalue weighted by Crippen LogP contribution is -2.28. The van der Waals surface area contributed by atoms with Gasteiger partial charge in [0.25, 0.3) is 5.56 Å². The molecule has 0 unspecified atom stereocenters. The molecule has 2 aromatic carbocycles. The first-order valence-electron chi connectivity index (χ1n) is 7.20. The highest BCUT2D eigenvalue weighted by molar-refractivity contribution is 9.10. The van der Waals surface area contributed by atoms with E-state index in [9.17, 15) is 14.0 Å². The second-order valence-corrected chi connectivity index (χ2v) is 6.17. The van der Waals surface area contributed by atoms with Crippen molar-refractivity contribution in [2.45, 2.75) is 13.1 Å². The van der Waals surface area contributed by atoms with Crippen LogP contribution in [-0.4, -0.2) is 22.4 Å². The van der Waals surface area contributed by atoms with Crippen LogP contribution in [0.2, 0.25) is 0 Å². The Labute approximate surface area is 145 Å². The summed E-state index contributed by atoms with van der Waals surface area (Å²) in [7, 11) is 1.26. The normalized spacial score (nSPS) is 11.0. The second kappa shape index (κ2) is 6.60. The van der Waals surface area contributed by atoms with E-state index in [-0.39, 0.29) is 24.5 Å².